The minimum atomic E-state index is 0.590. The van der Waals surface area contributed by atoms with E-state index in [0.29, 0.717) is 5.92 Å². The van der Waals surface area contributed by atoms with Crippen LogP contribution in [-0.2, 0) is 0 Å². The van der Waals surface area contributed by atoms with Gasteiger partial charge in [0.05, 0.1) is 0 Å². The van der Waals surface area contributed by atoms with Crippen LogP contribution < -0.4 is 0 Å². The van der Waals surface area contributed by atoms with Gasteiger partial charge in [-0.05, 0) is 29.5 Å². The van der Waals surface area contributed by atoms with Gasteiger partial charge >= 0.3 is 0 Å². The summed E-state index contributed by atoms with van der Waals surface area (Å²) in [5.74, 6) is 0.590. The van der Waals surface area contributed by atoms with Crippen molar-refractivity contribution in [2.75, 3.05) is 0 Å². The van der Waals surface area contributed by atoms with Gasteiger partial charge in [-0.25, -0.2) is 0 Å². The Morgan fingerprint density at radius 3 is 2.25 bits per heavy atom. The molecule has 0 aromatic heterocycles. The monoisotopic (exact) mass is 212 g/mol. The fourth-order valence-corrected chi connectivity index (χ4v) is 1.59. The normalized spacial score (nSPS) is 12.4. The largest absolute Gasteiger partial charge is 0.0991 e. The van der Waals surface area contributed by atoms with E-state index in [9.17, 15) is 0 Å². The highest BCUT2D eigenvalue weighted by Gasteiger charge is 2.00. The van der Waals surface area contributed by atoms with Crippen LogP contribution in [0.2, 0.25) is 0 Å². The van der Waals surface area contributed by atoms with Gasteiger partial charge in [-0.3, -0.25) is 0 Å². The summed E-state index contributed by atoms with van der Waals surface area (Å²) in [5, 5.41) is 0. The van der Waals surface area contributed by atoms with Gasteiger partial charge in [0.25, 0.3) is 0 Å². The maximum absolute atomic E-state index is 3.68. The Morgan fingerprint density at radius 1 is 1.19 bits per heavy atom. The topological polar surface area (TPSA) is 0 Å². The van der Waals surface area contributed by atoms with Crippen molar-refractivity contribution in [3.63, 3.8) is 0 Å². The van der Waals surface area contributed by atoms with Crippen LogP contribution >= 0.6 is 0 Å². The molecule has 0 heteroatoms. The molecule has 0 spiro atoms. The summed E-state index contributed by atoms with van der Waals surface area (Å²) in [6, 6.07) is 8.76. The van der Waals surface area contributed by atoms with E-state index in [2.05, 4.69) is 63.8 Å². The van der Waals surface area contributed by atoms with Crippen molar-refractivity contribution in [2.24, 2.45) is 0 Å². The molecular formula is C16H20. The first-order chi connectivity index (χ1) is 7.69. The molecule has 0 atom stereocenters. The van der Waals surface area contributed by atoms with Gasteiger partial charge in [0.1, 0.15) is 0 Å². The van der Waals surface area contributed by atoms with Crippen molar-refractivity contribution >= 4 is 5.57 Å². The van der Waals surface area contributed by atoms with Crippen LogP contribution in [0.1, 0.15) is 37.8 Å². The predicted molar refractivity (Wildman–Crippen MR) is 73.5 cm³/mol. The molecule has 16 heavy (non-hydrogen) atoms. The Hall–Kier alpha value is -1.56. The summed E-state index contributed by atoms with van der Waals surface area (Å²) in [5.41, 5.74) is 3.87. The molecule has 1 aromatic carbocycles. The van der Waals surface area contributed by atoms with Gasteiger partial charge in [0.2, 0.25) is 0 Å². The number of benzene rings is 1. The van der Waals surface area contributed by atoms with Crippen molar-refractivity contribution in [1.29, 1.82) is 0 Å². The first-order valence-electron chi connectivity index (χ1n) is 5.74. The average molecular weight is 212 g/mol. The third kappa shape index (κ3) is 3.23. The minimum absolute atomic E-state index is 0.590. The minimum Gasteiger partial charge on any atom is -0.0991 e. The molecule has 0 amide bonds. The number of rotatable bonds is 4. The SMILES string of the molecule is C=C/C=C\C(=C/C)c1ccc(C(C)C)cc1. The van der Waals surface area contributed by atoms with Crippen LogP contribution in [0.5, 0.6) is 0 Å². The fourth-order valence-electron chi connectivity index (χ4n) is 1.59. The lowest BCUT2D eigenvalue weighted by molar-refractivity contribution is 0.866. The molecule has 0 saturated carbocycles. The van der Waals surface area contributed by atoms with Crippen molar-refractivity contribution in [2.45, 2.75) is 26.7 Å². The first kappa shape index (κ1) is 12.5. The lowest BCUT2D eigenvalue weighted by atomic mass is 9.98. The second kappa shape index (κ2) is 6.12. The molecule has 0 aliphatic heterocycles. The zero-order valence-electron chi connectivity index (χ0n) is 10.4. The molecule has 0 aliphatic carbocycles. The van der Waals surface area contributed by atoms with Gasteiger partial charge in [0.15, 0.2) is 0 Å². The zero-order chi connectivity index (χ0) is 12.0. The molecule has 0 aliphatic rings. The molecule has 0 N–H and O–H groups in total. The Kier molecular flexibility index (Phi) is 4.78. The number of hydrogen-bond acceptors (Lipinski definition) is 0. The molecule has 84 valence electrons. The summed E-state index contributed by atoms with van der Waals surface area (Å²) in [7, 11) is 0. The molecule has 0 nitrogen and oxygen atoms in total. The second-order valence-electron chi connectivity index (χ2n) is 4.12. The quantitative estimate of drug-likeness (QED) is 0.619. The van der Waals surface area contributed by atoms with Crippen LogP contribution in [0.3, 0.4) is 0 Å². The summed E-state index contributed by atoms with van der Waals surface area (Å²) in [6.45, 7) is 10.2. The van der Waals surface area contributed by atoms with E-state index < -0.39 is 0 Å². The molecular weight excluding hydrogens is 192 g/mol. The highest BCUT2D eigenvalue weighted by molar-refractivity contribution is 5.74. The van der Waals surface area contributed by atoms with E-state index in [1.54, 1.807) is 6.08 Å². The zero-order valence-corrected chi connectivity index (χ0v) is 10.4. The van der Waals surface area contributed by atoms with Crippen LogP contribution in [-0.4, -0.2) is 0 Å². The van der Waals surface area contributed by atoms with E-state index in [0.717, 1.165) is 0 Å². The maximum atomic E-state index is 3.68. The number of allylic oxidation sites excluding steroid dienone is 5. The third-order valence-corrected chi connectivity index (χ3v) is 2.63. The molecule has 1 aromatic rings. The van der Waals surface area contributed by atoms with Gasteiger partial charge in [0, 0.05) is 0 Å². The van der Waals surface area contributed by atoms with E-state index in [1.165, 1.54) is 16.7 Å². The van der Waals surface area contributed by atoms with Gasteiger partial charge < -0.3 is 0 Å². The average Bonchev–Trinajstić information content (AvgIpc) is 2.30. The molecule has 0 bridgehead atoms. The third-order valence-electron chi connectivity index (χ3n) is 2.63. The van der Waals surface area contributed by atoms with Crippen molar-refractivity contribution in [3.8, 4) is 0 Å². The van der Waals surface area contributed by atoms with Crippen LogP contribution in [0.4, 0.5) is 0 Å². The highest BCUT2D eigenvalue weighted by Crippen LogP contribution is 2.20. The van der Waals surface area contributed by atoms with E-state index >= 15 is 0 Å². The summed E-state index contributed by atoms with van der Waals surface area (Å²) in [6.07, 6.45) is 7.96. The highest BCUT2D eigenvalue weighted by atomic mass is 14.0. The van der Waals surface area contributed by atoms with E-state index in [1.807, 2.05) is 6.08 Å². The molecule has 0 saturated heterocycles. The molecule has 0 unspecified atom stereocenters. The van der Waals surface area contributed by atoms with Gasteiger partial charge in [-0.15, -0.1) is 0 Å². The van der Waals surface area contributed by atoms with Crippen LogP contribution in [0.15, 0.2) is 55.1 Å². The summed E-state index contributed by atoms with van der Waals surface area (Å²) >= 11 is 0. The Balaban J connectivity index is 2.96. The second-order valence-corrected chi connectivity index (χ2v) is 4.12. The first-order valence-corrected chi connectivity index (χ1v) is 5.74. The molecule has 1 rings (SSSR count). The smallest absolute Gasteiger partial charge is 0.0187 e. The Morgan fingerprint density at radius 2 is 1.81 bits per heavy atom. The van der Waals surface area contributed by atoms with E-state index in [-0.39, 0.29) is 0 Å². The van der Waals surface area contributed by atoms with Crippen molar-refractivity contribution in [1.82, 2.24) is 0 Å². The van der Waals surface area contributed by atoms with Crippen LogP contribution in [0, 0.1) is 0 Å². The van der Waals surface area contributed by atoms with Crippen molar-refractivity contribution < 1.29 is 0 Å². The summed E-state index contributed by atoms with van der Waals surface area (Å²) in [4.78, 5) is 0. The maximum Gasteiger partial charge on any atom is -0.0187 e. The number of hydrogen-bond donors (Lipinski definition) is 0. The molecule has 0 fully saturated rings. The molecule has 0 heterocycles. The Bertz CT molecular complexity index is 389. The predicted octanol–water partition coefficient (Wildman–Crippen LogP) is 4.96. The fraction of sp³-hybridized carbons (Fsp3) is 0.250. The molecule has 0 radical (unpaired) electrons. The van der Waals surface area contributed by atoms with E-state index in [4.69, 9.17) is 0 Å². The van der Waals surface area contributed by atoms with Gasteiger partial charge in [-0.2, -0.15) is 0 Å². The lowest BCUT2D eigenvalue weighted by Gasteiger charge is -2.07. The summed E-state index contributed by atoms with van der Waals surface area (Å²) < 4.78 is 0. The van der Waals surface area contributed by atoms with Gasteiger partial charge in [-0.1, -0.05) is 69.0 Å². The van der Waals surface area contributed by atoms with Crippen LogP contribution in [0.25, 0.3) is 5.57 Å². The Labute approximate surface area is 99.0 Å². The lowest BCUT2D eigenvalue weighted by Crippen LogP contribution is -1.88. The van der Waals surface area contributed by atoms with Crippen molar-refractivity contribution in [3.05, 3.63) is 66.3 Å². The standard InChI is InChI=1S/C16H20/c1-5-7-8-14(6-2)16-11-9-15(10-12-16)13(3)4/h5-13H,1H2,2-4H3/b8-7-,14-6+.